The molecule has 1 aromatic rings. The van der Waals surface area contributed by atoms with Crippen LogP contribution in [0, 0.1) is 0 Å². The largest absolute Gasteiger partial charge is 0.497 e. The van der Waals surface area contributed by atoms with E-state index >= 15 is 0 Å². The lowest BCUT2D eigenvalue weighted by Crippen LogP contribution is -2.36. The van der Waals surface area contributed by atoms with E-state index in [1.807, 2.05) is 39.2 Å². The van der Waals surface area contributed by atoms with Crippen LogP contribution in [0.5, 0.6) is 5.75 Å². The van der Waals surface area contributed by atoms with Crippen LogP contribution < -0.4 is 10.1 Å². The first-order valence-electron chi connectivity index (χ1n) is 6.69. The summed E-state index contributed by atoms with van der Waals surface area (Å²) in [6.07, 6.45) is 0.123. The summed E-state index contributed by atoms with van der Waals surface area (Å²) in [4.78, 5) is 12.8. The molecule has 0 bridgehead atoms. The first-order chi connectivity index (χ1) is 9.43. The maximum Gasteiger partial charge on any atom is 0.304 e. The van der Waals surface area contributed by atoms with Gasteiger partial charge >= 0.3 is 5.97 Å². The number of methoxy groups -OCH3 is 1. The SMILES string of the molecule is COc1cccc(C(CNC(C)CC(=O)O)N(C)C)c1. The van der Waals surface area contributed by atoms with Crippen LogP contribution in [0.2, 0.25) is 0 Å². The minimum Gasteiger partial charge on any atom is -0.497 e. The van der Waals surface area contributed by atoms with Crippen LogP contribution in [0.15, 0.2) is 24.3 Å². The summed E-state index contributed by atoms with van der Waals surface area (Å²) in [7, 11) is 5.67. The number of nitrogens with zero attached hydrogens (tertiary/aromatic N) is 1. The lowest BCUT2D eigenvalue weighted by Gasteiger charge is -2.27. The van der Waals surface area contributed by atoms with E-state index in [9.17, 15) is 4.79 Å². The minimum absolute atomic E-state index is 0.0550. The Morgan fingerprint density at radius 2 is 2.15 bits per heavy atom. The standard InChI is InChI=1S/C15H24N2O3/c1-11(8-15(18)19)16-10-14(17(2)3)12-6-5-7-13(9-12)20-4/h5-7,9,11,14,16H,8,10H2,1-4H3,(H,18,19). The Hall–Kier alpha value is -1.59. The molecule has 1 aromatic carbocycles. The molecule has 1 rings (SSSR count). The van der Waals surface area contributed by atoms with Crippen LogP contribution in [0.1, 0.15) is 24.9 Å². The van der Waals surface area contributed by atoms with Gasteiger partial charge in [0.2, 0.25) is 0 Å². The van der Waals surface area contributed by atoms with Gasteiger partial charge in [0.1, 0.15) is 5.75 Å². The molecule has 0 saturated carbocycles. The van der Waals surface area contributed by atoms with Gasteiger partial charge in [-0.05, 0) is 38.7 Å². The molecule has 0 aliphatic rings. The number of benzene rings is 1. The molecule has 0 amide bonds. The van der Waals surface area contributed by atoms with Crippen molar-refractivity contribution < 1.29 is 14.6 Å². The Morgan fingerprint density at radius 1 is 1.45 bits per heavy atom. The molecule has 0 heterocycles. The number of carboxylic acid groups (broad SMARTS) is 1. The van der Waals surface area contributed by atoms with E-state index in [1.54, 1.807) is 7.11 Å². The van der Waals surface area contributed by atoms with Gasteiger partial charge in [-0.25, -0.2) is 0 Å². The van der Waals surface area contributed by atoms with Gasteiger partial charge in [-0.3, -0.25) is 4.79 Å². The van der Waals surface area contributed by atoms with Crippen LogP contribution in [-0.4, -0.2) is 49.8 Å². The van der Waals surface area contributed by atoms with Crippen molar-refractivity contribution in [1.29, 1.82) is 0 Å². The number of aliphatic carboxylic acids is 1. The number of rotatable bonds is 8. The molecule has 2 atom stereocenters. The van der Waals surface area contributed by atoms with E-state index in [1.165, 1.54) is 0 Å². The lowest BCUT2D eigenvalue weighted by molar-refractivity contribution is -0.137. The molecule has 0 aromatic heterocycles. The molecule has 0 aliphatic heterocycles. The molecule has 5 nitrogen and oxygen atoms in total. The Bertz CT molecular complexity index is 435. The zero-order chi connectivity index (χ0) is 15.1. The normalized spacial score (nSPS) is 14.1. The molecule has 112 valence electrons. The highest BCUT2D eigenvalue weighted by atomic mass is 16.5. The number of carbonyl (C=O) groups is 1. The predicted molar refractivity (Wildman–Crippen MR) is 79.1 cm³/mol. The fourth-order valence-corrected chi connectivity index (χ4v) is 2.09. The predicted octanol–water partition coefficient (Wildman–Crippen LogP) is 1.75. The van der Waals surface area contributed by atoms with Gasteiger partial charge in [-0.15, -0.1) is 0 Å². The van der Waals surface area contributed by atoms with Gasteiger partial charge in [0.05, 0.1) is 13.5 Å². The highest BCUT2D eigenvalue weighted by molar-refractivity contribution is 5.67. The summed E-state index contributed by atoms with van der Waals surface area (Å²) in [5.74, 6) is 0.0423. The van der Waals surface area contributed by atoms with Crippen LogP contribution >= 0.6 is 0 Å². The summed E-state index contributed by atoms with van der Waals surface area (Å²) in [5.41, 5.74) is 1.14. The van der Waals surface area contributed by atoms with E-state index in [2.05, 4.69) is 16.3 Å². The van der Waals surface area contributed by atoms with Crippen molar-refractivity contribution in [2.45, 2.75) is 25.4 Å². The fourth-order valence-electron chi connectivity index (χ4n) is 2.09. The van der Waals surface area contributed by atoms with Crippen molar-refractivity contribution in [1.82, 2.24) is 10.2 Å². The second-order valence-corrected chi connectivity index (χ2v) is 5.16. The molecule has 20 heavy (non-hydrogen) atoms. The van der Waals surface area contributed by atoms with E-state index < -0.39 is 5.97 Å². The van der Waals surface area contributed by atoms with Gasteiger partial charge < -0.3 is 20.1 Å². The maximum atomic E-state index is 10.7. The van der Waals surface area contributed by atoms with Gasteiger partial charge in [-0.1, -0.05) is 12.1 Å². The summed E-state index contributed by atoms with van der Waals surface area (Å²) < 4.78 is 5.25. The van der Waals surface area contributed by atoms with Crippen molar-refractivity contribution in [3.63, 3.8) is 0 Å². The van der Waals surface area contributed by atoms with E-state index in [0.717, 1.165) is 11.3 Å². The van der Waals surface area contributed by atoms with Crippen molar-refractivity contribution in [3.05, 3.63) is 29.8 Å². The van der Waals surface area contributed by atoms with Crippen molar-refractivity contribution in [2.24, 2.45) is 0 Å². The topological polar surface area (TPSA) is 61.8 Å². The minimum atomic E-state index is -0.784. The monoisotopic (exact) mass is 280 g/mol. The number of ether oxygens (including phenoxy) is 1. The van der Waals surface area contributed by atoms with E-state index in [4.69, 9.17) is 9.84 Å². The highest BCUT2D eigenvalue weighted by Crippen LogP contribution is 2.22. The quantitative estimate of drug-likeness (QED) is 0.759. The number of carboxylic acids is 1. The Morgan fingerprint density at radius 3 is 2.70 bits per heavy atom. The number of hydrogen-bond donors (Lipinski definition) is 2. The Kier molecular flexibility index (Phi) is 6.48. The summed E-state index contributed by atoms with van der Waals surface area (Å²) in [6, 6.07) is 8.05. The van der Waals surface area contributed by atoms with Crippen LogP contribution in [0.3, 0.4) is 0 Å². The third-order valence-electron chi connectivity index (χ3n) is 3.24. The van der Waals surface area contributed by atoms with Crippen LogP contribution in [0.4, 0.5) is 0 Å². The fraction of sp³-hybridized carbons (Fsp3) is 0.533. The zero-order valence-electron chi connectivity index (χ0n) is 12.6. The van der Waals surface area contributed by atoms with Crippen molar-refractivity contribution >= 4 is 5.97 Å². The highest BCUT2D eigenvalue weighted by Gasteiger charge is 2.16. The molecular weight excluding hydrogens is 256 g/mol. The Labute approximate surface area is 120 Å². The average Bonchev–Trinajstić information content (AvgIpc) is 2.38. The summed E-state index contributed by atoms with van der Waals surface area (Å²) in [6.45, 7) is 2.57. The van der Waals surface area contributed by atoms with Crippen LogP contribution in [-0.2, 0) is 4.79 Å². The smallest absolute Gasteiger partial charge is 0.304 e. The molecule has 0 radical (unpaired) electrons. The van der Waals surface area contributed by atoms with Crippen molar-refractivity contribution in [3.8, 4) is 5.75 Å². The molecular formula is C15H24N2O3. The van der Waals surface area contributed by atoms with Gasteiger partial charge in [0.15, 0.2) is 0 Å². The van der Waals surface area contributed by atoms with Gasteiger partial charge in [0, 0.05) is 18.6 Å². The number of hydrogen-bond acceptors (Lipinski definition) is 4. The maximum absolute atomic E-state index is 10.7. The Balaban J connectivity index is 2.71. The van der Waals surface area contributed by atoms with Crippen LogP contribution in [0.25, 0.3) is 0 Å². The average molecular weight is 280 g/mol. The second kappa shape index (κ2) is 7.87. The zero-order valence-corrected chi connectivity index (χ0v) is 12.6. The third-order valence-corrected chi connectivity index (χ3v) is 3.24. The first-order valence-corrected chi connectivity index (χ1v) is 6.69. The summed E-state index contributed by atoms with van der Waals surface area (Å²) >= 11 is 0. The molecule has 2 unspecified atom stereocenters. The number of nitrogens with one attached hydrogen (secondary N) is 1. The number of likely N-dealkylation sites (N-methyl/N-ethyl adjacent to an activating group) is 1. The summed E-state index contributed by atoms with van der Waals surface area (Å²) in [5, 5.41) is 12.0. The lowest BCUT2D eigenvalue weighted by atomic mass is 10.0. The molecule has 0 fully saturated rings. The van der Waals surface area contributed by atoms with Gasteiger partial charge in [0.25, 0.3) is 0 Å². The molecule has 0 saturated heterocycles. The van der Waals surface area contributed by atoms with E-state index in [0.29, 0.717) is 6.54 Å². The molecule has 0 aliphatic carbocycles. The molecule has 2 N–H and O–H groups in total. The van der Waals surface area contributed by atoms with E-state index in [-0.39, 0.29) is 18.5 Å². The van der Waals surface area contributed by atoms with Gasteiger partial charge in [-0.2, -0.15) is 0 Å². The second-order valence-electron chi connectivity index (χ2n) is 5.16. The third kappa shape index (κ3) is 5.19. The first kappa shape index (κ1) is 16.5. The molecule has 0 spiro atoms. The molecule has 5 heteroatoms. The van der Waals surface area contributed by atoms with Crippen molar-refractivity contribution in [2.75, 3.05) is 27.7 Å².